The van der Waals surface area contributed by atoms with Crippen LogP contribution in [0, 0.1) is 29.1 Å². The van der Waals surface area contributed by atoms with Crippen LogP contribution in [0.15, 0.2) is 24.3 Å². The molecule has 0 radical (unpaired) electrons. The van der Waals surface area contributed by atoms with E-state index in [1.54, 1.807) is 48.1 Å². The lowest BCUT2D eigenvalue weighted by Crippen LogP contribution is -2.81. The molecule has 4 saturated carbocycles. The lowest BCUT2D eigenvalue weighted by molar-refractivity contribution is -0.248. The van der Waals surface area contributed by atoms with Gasteiger partial charge in [0.05, 0.1) is 11.6 Å². The largest absolute Gasteiger partial charge is 0.426 e. The first-order valence-electron chi connectivity index (χ1n) is 10.7. The highest BCUT2D eigenvalue weighted by atomic mass is 16.5. The normalized spacial score (nSPS) is 40.0. The maximum atomic E-state index is 13.6. The smallest absolute Gasteiger partial charge is 0.308 e. The Kier molecular flexibility index (Phi) is 3.14. The molecular weight excluding hydrogens is 368 g/mol. The second-order valence-electron chi connectivity index (χ2n) is 10.2. The van der Waals surface area contributed by atoms with Crippen molar-refractivity contribution >= 4 is 17.8 Å². The molecule has 1 heterocycles. The van der Waals surface area contributed by atoms with Gasteiger partial charge in [0.2, 0.25) is 0 Å². The summed E-state index contributed by atoms with van der Waals surface area (Å²) in [5.74, 6) is 2.30. The van der Waals surface area contributed by atoms with Gasteiger partial charge in [0.15, 0.2) is 0 Å². The molecule has 5 aliphatic rings. The van der Waals surface area contributed by atoms with Crippen LogP contribution >= 0.6 is 0 Å². The average Bonchev–Trinajstić information content (AvgIpc) is 3.15. The summed E-state index contributed by atoms with van der Waals surface area (Å²) < 4.78 is 5.27. The van der Waals surface area contributed by atoms with Crippen molar-refractivity contribution in [2.24, 2.45) is 29.1 Å². The van der Waals surface area contributed by atoms with Gasteiger partial charge in [-0.15, -0.1) is 0 Å². The molecule has 1 aromatic carbocycles. The van der Waals surface area contributed by atoms with Gasteiger partial charge in [-0.2, -0.15) is 0 Å². The van der Waals surface area contributed by atoms with Crippen molar-refractivity contribution < 1.29 is 19.1 Å². The predicted octanol–water partition coefficient (Wildman–Crippen LogP) is 3.02. The highest BCUT2D eigenvalue weighted by Crippen LogP contribution is 2.82. The van der Waals surface area contributed by atoms with Crippen LogP contribution in [0.5, 0.6) is 5.75 Å². The van der Waals surface area contributed by atoms with Gasteiger partial charge in [-0.3, -0.25) is 14.4 Å². The number of hydrazine groups is 1. The number of fused-ring (bicyclic) bond motifs is 1. The van der Waals surface area contributed by atoms with Gasteiger partial charge in [-0.05, 0) is 80.8 Å². The molecule has 0 N–H and O–H groups in total. The van der Waals surface area contributed by atoms with E-state index in [1.807, 2.05) is 0 Å². The van der Waals surface area contributed by atoms with Gasteiger partial charge in [-0.1, -0.05) is 12.1 Å². The number of nitrogens with zero attached hydrogens (tertiary/aromatic N) is 2. The fourth-order valence-electron chi connectivity index (χ4n) is 7.67. The van der Waals surface area contributed by atoms with Gasteiger partial charge in [0, 0.05) is 6.92 Å². The van der Waals surface area contributed by atoms with Crippen molar-refractivity contribution in [3.63, 3.8) is 0 Å². The van der Waals surface area contributed by atoms with Crippen LogP contribution in [0.25, 0.3) is 0 Å². The summed E-state index contributed by atoms with van der Waals surface area (Å²) in [6.07, 6.45) is 5.01. The quantitative estimate of drug-likeness (QED) is 0.584. The molecule has 6 unspecified atom stereocenters. The van der Waals surface area contributed by atoms with Gasteiger partial charge in [-0.25, -0.2) is 10.0 Å². The summed E-state index contributed by atoms with van der Waals surface area (Å²) in [6.45, 7) is 4.93. The Balaban J connectivity index is 1.35. The number of carbonyl (C=O) groups excluding carboxylic acids is 3. The Hall–Kier alpha value is -2.37. The SMILES string of the molecule is CC(=O)Oc1ccccc1C(=O)N1N(C2C3CC4CC5CC2C45C3)C(=O)C1(C)C. The van der Waals surface area contributed by atoms with E-state index in [2.05, 4.69) is 0 Å². The van der Waals surface area contributed by atoms with Crippen LogP contribution in [-0.2, 0) is 9.59 Å². The van der Waals surface area contributed by atoms with Crippen LogP contribution in [0.3, 0.4) is 0 Å². The molecule has 1 saturated heterocycles. The molecule has 1 aromatic rings. The molecule has 6 nitrogen and oxygen atoms in total. The van der Waals surface area contributed by atoms with Gasteiger partial charge in [0.1, 0.15) is 11.3 Å². The molecule has 29 heavy (non-hydrogen) atoms. The summed E-state index contributed by atoms with van der Waals surface area (Å²) in [4.78, 5) is 38.2. The monoisotopic (exact) mass is 394 g/mol. The highest BCUT2D eigenvalue weighted by Gasteiger charge is 2.79. The molecule has 152 valence electrons. The number of carbonyl (C=O) groups is 3. The second-order valence-corrected chi connectivity index (χ2v) is 10.2. The molecule has 6 heteroatoms. The van der Waals surface area contributed by atoms with E-state index in [4.69, 9.17) is 4.74 Å². The lowest BCUT2D eigenvalue weighted by Gasteiger charge is -2.70. The molecule has 1 spiro atoms. The minimum absolute atomic E-state index is 0.0316. The summed E-state index contributed by atoms with van der Waals surface area (Å²) in [5, 5.41) is 3.42. The van der Waals surface area contributed by atoms with Crippen LogP contribution in [0.2, 0.25) is 0 Å². The molecule has 6 rings (SSSR count). The van der Waals surface area contributed by atoms with E-state index in [0.29, 0.717) is 22.8 Å². The van der Waals surface area contributed by atoms with Crippen LogP contribution < -0.4 is 4.74 Å². The van der Waals surface area contributed by atoms with Crippen LogP contribution in [0.1, 0.15) is 56.8 Å². The van der Waals surface area contributed by atoms with Crippen molar-refractivity contribution in [3.8, 4) is 5.75 Å². The Morgan fingerprint density at radius 2 is 1.83 bits per heavy atom. The second kappa shape index (κ2) is 5.21. The third-order valence-electron chi connectivity index (χ3n) is 8.74. The minimum Gasteiger partial charge on any atom is -0.426 e. The Bertz CT molecular complexity index is 971. The third kappa shape index (κ3) is 1.86. The number of rotatable bonds is 3. The first kappa shape index (κ1) is 17.5. The van der Waals surface area contributed by atoms with Crippen LogP contribution in [-0.4, -0.2) is 39.4 Å². The first-order chi connectivity index (χ1) is 13.8. The van der Waals surface area contributed by atoms with E-state index in [-0.39, 0.29) is 23.6 Å². The summed E-state index contributed by atoms with van der Waals surface area (Å²) in [5.41, 5.74) is -0.0930. The molecule has 4 aliphatic carbocycles. The average molecular weight is 394 g/mol. The predicted molar refractivity (Wildman–Crippen MR) is 103 cm³/mol. The van der Waals surface area contributed by atoms with Crippen molar-refractivity contribution in [2.75, 3.05) is 0 Å². The first-order valence-corrected chi connectivity index (χ1v) is 10.7. The lowest BCUT2D eigenvalue weighted by atomic mass is 9.38. The number of amides is 2. The number of ether oxygens (including phenoxy) is 1. The minimum atomic E-state index is -0.887. The van der Waals surface area contributed by atoms with Gasteiger partial charge in [0.25, 0.3) is 11.8 Å². The number of hydrogen-bond donors (Lipinski definition) is 0. The summed E-state index contributed by atoms with van der Waals surface area (Å²) in [7, 11) is 0. The van der Waals surface area contributed by atoms with Crippen molar-refractivity contribution in [2.45, 2.75) is 58.0 Å². The summed E-state index contributed by atoms with van der Waals surface area (Å²) >= 11 is 0. The Morgan fingerprint density at radius 3 is 2.52 bits per heavy atom. The number of para-hydroxylation sites is 1. The van der Waals surface area contributed by atoms with Gasteiger partial charge >= 0.3 is 5.97 Å². The third-order valence-corrected chi connectivity index (χ3v) is 8.74. The molecule has 1 aliphatic heterocycles. The Labute approximate surface area is 170 Å². The maximum absolute atomic E-state index is 13.6. The van der Waals surface area contributed by atoms with E-state index < -0.39 is 11.5 Å². The molecule has 6 atom stereocenters. The zero-order chi connectivity index (χ0) is 20.3. The summed E-state index contributed by atoms with van der Waals surface area (Å²) in [6, 6.07) is 6.93. The van der Waals surface area contributed by atoms with E-state index in [1.165, 1.54) is 32.6 Å². The maximum Gasteiger partial charge on any atom is 0.308 e. The molecular formula is C23H26N2O4. The zero-order valence-electron chi connectivity index (χ0n) is 17.1. The number of benzene rings is 1. The molecule has 2 bridgehead atoms. The Morgan fingerprint density at radius 1 is 1.10 bits per heavy atom. The van der Waals surface area contributed by atoms with E-state index in [0.717, 1.165) is 11.8 Å². The molecule has 2 amide bonds. The molecule has 5 fully saturated rings. The van der Waals surface area contributed by atoms with Crippen molar-refractivity contribution in [1.82, 2.24) is 10.0 Å². The van der Waals surface area contributed by atoms with Gasteiger partial charge < -0.3 is 4.74 Å². The van der Waals surface area contributed by atoms with E-state index >= 15 is 0 Å². The fraction of sp³-hybridized carbons (Fsp3) is 0.609. The number of hydrogen-bond acceptors (Lipinski definition) is 4. The van der Waals surface area contributed by atoms with E-state index in [9.17, 15) is 14.4 Å². The topological polar surface area (TPSA) is 66.9 Å². The van der Waals surface area contributed by atoms with Crippen LogP contribution in [0.4, 0.5) is 0 Å². The number of esters is 1. The standard InChI is InChI=1S/C23H26N2O4/c1-12(26)29-18-7-5-4-6-16(18)20(27)25-22(2,3)21(28)24(25)19-13-8-14-9-15-10-17(19)23(14,15)11-13/h4-7,13-15,17,19H,8-11H2,1-3H3. The zero-order valence-corrected chi connectivity index (χ0v) is 17.1. The highest BCUT2D eigenvalue weighted by molar-refractivity contribution is 6.06. The van der Waals surface area contributed by atoms with Crippen molar-refractivity contribution in [3.05, 3.63) is 29.8 Å². The fourth-order valence-corrected chi connectivity index (χ4v) is 7.67. The molecule has 0 aromatic heterocycles. The van der Waals surface area contributed by atoms with Crippen molar-refractivity contribution in [1.29, 1.82) is 0 Å².